The summed E-state index contributed by atoms with van der Waals surface area (Å²) < 4.78 is 11.6. The lowest BCUT2D eigenvalue weighted by atomic mass is 10.1. The van der Waals surface area contributed by atoms with E-state index in [1.807, 2.05) is 12.1 Å². The molecular formula is C9H11FN2O. The van der Waals surface area contributed by atoms with Crippen LogP contribution in [0.4, 0.5) is 4.48 Å². The molecule has 0 saturated heterocycles. The van der Waals surface area contributed by atoms with E-state index in [1.165, 1.54) is 0 Å². The third-order valence-corrected chi connectivity index (χ3v) is 1.73. The number of benzene rings is 1. The van der Waals surface area contributed by atoms with E-state index in [9.17, 15) is 9.28 Å². The molecule has 1 amide bonds. The summed E-state index contributed by atoms with van der Waals surface area (Å²) in [5, 5.41) is 0. The van der Waals surface area contributed by atoms with Crippen LogP contribution in [-0.2, 0) is 17.8 Å². The lowest BCUT2D eigenvalue weighted by molar-refractivity contribution is -0.124. The fourth-order valence-corrected chi connectivity index (χ4v) is 1.01. The van der Waals surface area contributed by atoms with Gasteiger partial charge in [0.25, 0.3) is 5.91 Å². The number of rotatable bonds is 3. The molecule has 0 aliphatic heterocycles. The Labute approximate surface area is 75.7 Å². The number of carbonyl (C=O) groups excluding carboxylic acids is 1. The van der Waals surface area contributed by atoms with Crippen LogP contribution >= 0.6 is 0 Å². The van der Waals surface area contributed by atoms with Crippen molar-refractivity contribution in [3.8, 4) is 0 Å². The molecule has 0 atom stereocenters. The van der Waals surface area contributed by atoms with E-state index in [0.717, 1.165) is 16.7 Å². The van der Waals surface area contributed by atoms with Gasteiger partial charge in [-0.1, -0.05) is 24.3 Å². The summed E-state index contributed by atoms with van der Waals surface area (Å²) in [6.45, 7) is 0.468. The normalized spacial score (nSPS) is 9.69. The molecule has 3 N–H and O–H groups in total. The summed E-state index contributed by atoms with van der Waals surface area (Å²) in [6.07, 6.45) is 0.0569. The van der Waals surface area contributed by atoms with Gasteiger partial charge in [-0.25, -0.2) is 0 Å². The molecule has 1 aromatic rings. The maximum atomic E-state index is 11.6. The zero-order chi connectivity index (χ0) is 9.68. The second-order valence-corrected chi connectivity index (χ2v) is 2.72. The molecule has 1 aromatic carbocycles. The lowest BCUT2D eigenvalue weighted by Gasteiger charge is -2.00. The zero-order valence-corrected chi connectivity index (χ0v) is 7.09. The first-order valence-electron chi connectivity index (χ1n) is 3.93. The average Bonchev–Trinajstić information content (AvgIpc) is 2.19. The van der Waals surface area contributed by atoms with Crippen molar-refractivity contribution in [1.29, 1.82) is 0 Å². The van der Waals surface area contributed by atoms with Crippen molar-refractivity contribution in [2.75, 3.05) is 0 Å². The molecule has 0 bridgehead atoms. The Hall–Kier alpha value is -1.42. The number of halogens is 1. The van der Waals surface area contributed by atoms with Gasteiger partial charge in [0.15, 0.2) is 0 Å². The minimum atomic E-state index is -0.638. The van der Waals surface area contributed by atoms with E-state index in [1.54, 1.807) is 12.1 Å². The van der Waals surface area contributed by atoms with Crippen LogP contribution in [0.1, 0.15) is 11.1 Å². The highest BCUT2D eigenvalue weighted by Gasteiger charge is 2.01. The third-order valence-electron chi connectivity index (χ3n) is 1.73. The van der Waals surface area contributed by atoms with Crippen molar-refractivity contribution in [3.05, 3.63) is 35.4 Å². The first-order chi connectivity index (χ1) is 6.26. The quantitative estimate of drug-likeness (QED) is 0.676. The average molecular weight is 182 g/mol. The van der Waals surface area contributed by atoms with Gasteiger partial charge in [-0.2, -0.15) is 5.54 Å². The third kappa shape index (κ3) is 2.83. The van der Waals surface area contributed by atoms with Gasteiger partial charge in [0.1, 0.15) is 0 Å². The fourth-order valence-electron chi connectivity index (χ4n) is 1.01. The molecule has 13 heavy (non-hydrogen) atoms. The maximum Gasteiger partial charge on any atom is 0.252 e. The Morgan fingerprint density at radius 1 is 1.31 bits per heavy atom. The molecule has 0 aliphatic carbocycles. The molecule has 0 heterocycles. The van der Waals surface area contributed by atoms with Crippen molar-refractivity contribution >= 4 is 5.91 Å². The van der Waals surface area contributed by atoms with Gasteiger partial charge >= 0.3 is 0 Å². The standard InChI is InChI=1S/C9H11FN2O/c10-12-9(13)5-7-1-3-8(6-11)4-2-7/h1-4H,5-6,11H2,(H,12,13). The van der Waals surface area contributed by atoms with Crippen LogP contribution in [0.2, 0.25) is 0 Å². The molecule has 4 heteroatoms. The van der Waals surface area contributed by atoms with Gasteiger partial charge in [-0.3, -0.25) is 4.79 Å². The Bertz CT molecular complexity index is 284. The predicted octanol–water partition coefficient (Wildman–Crippen LogP) is 0.689. The molecular weight excluding hydrogens is 171 g/mol. The molecule has 0 saturated carbocycles. The molecule has 0 fully saturated rings. The summed E-state index contributed by atoms with van der Waals surface area (Å²) in [7, 11) is 0. The minimum Gasteiger partial charge on any atom is -0.326 e. The molecule has 70 valence electrons. The van der Waals surface area contributed by atoms with Crippen molar-refractivity contribution < 1.29 is 9.28 Å². The molecule has 0 radical (unpaired) electrons. The molecule has 1 rings (SSSR count). The summed E-state index contributed by atoms with van der Waals surface area (Å²) in [6, 6.07) is 7.16. The minimum absolute atomic E-state index is 0.0569. The Kier molecular flexibility index (Phi) is 3.40. The fraction of sp³-hybridized carbons (Fsp3) is 0.222. The predicted molar refractivity (Wildman–Crippen MR) is 47.3 cm³/mol. The first kappa shape index (κ1) is 9.67. The topological polar surface area (TPSA) is 55.1 Å². The lowest BCUT2D eigenvalue weighted by Crippen LogP contribution is -2.15. The van der Waals surface area contributed by atoms with Gasteiger partial charge in [-0.05, 0) is 11.1 Å². The highest BCUT2D eigenvalue weighted by Crippen LogP contribution is 2.04. The van der Waals surface area contributed by atoms with E-state index >= 15 is 0 Å². The van der Waals surface area contributed by atoms with E-state index in [-0.39, 0.29) is 6.42 Å². The van der Waals surface area contributed by atoms with Crippen LogP contribution in [0, 0.1) is 0 Å². The highest BCUT2D eigenvalue weighted by atomic mass is 19.2. The molecule has 0 unspecified atom stereocenters. The van der Waals surface area contributed by atoms with Crippen molar-refractivity contribution in [2.45, 2.75) is 13.0 Å². The molecule has 0 spiro atoms. The van der Waals surface area contributed by atoms with E-state index in [4.69, 9.17) is 5.73 Å². The number of nitrogens with one attached hydrogen (secondary N) is 1. The van der Waals surface area contributed by atoms with E-state index in [2.05, 4.69) is 0 Å². The SMILES string of the molecule is NCc1ccc(CC(=O)NF)cc1. The number of hydrogen-bond acceptors (Lipinski definition) is 2. The summed E-state index contributed by atoms with van der Waals surface area (Å²) in [5.41, 5.74) is 8.23. The Morgan fingerprint density at radius 2 is 1.85 bits per heavy atom. The molecule has 3 nitrogen and oxygen atoms in total. The van der Waals surface area contributed by atoms with Crippen LogP contribution in [0.15, 0.2) is 24.3 Å². The van der Waals surface area contributed by atoms with E-state index < -0.39 is 5.91 Å². The molecule has 0 aromatic heterocycles. The van der Waals surface area contributed by atoms with Crippen LogP contribution in [-0.4, -0.2) is 5.91 Å². The van der Waals surface area contributed by atoms with Crippen LogP contribution < -0.4 is 11.3 Å². The van der Waals surface area contributed by atoms with Crippen molar-refractivity contribution in [1.82, 2.24) is 5.54 Å². The second kappa shape index (κ2) is 4.57. The molecule has 0 aliphatic rings. The van der Waals surface area contributed by atoms with Gasteiger partial charge in [0, 0.05) is 6.54 Å². The monoisotopic (exact) mass is 182 g/mol. The van der Waals surface area contributed by atoms with Crippen LogP contribution in [0.5, 0.6) is 0 Å². The first-order valence-corrected chi connectivity index (χ1v) is 3.93. The summed E-state index contributed by atoms with van der Waals surface area (Å²) in [4.78, 5) is 10.6. The highest BCUT2D eigenvalue weighted by molar-refractivity contribution is 5.77. The Balaban J connectivity index is 2.64. The van der Waals surface area contributed by atoms with Crippen molar-refractivity contribution in [2.24, 2.45) is 5.73 Å². The number of carbonyl (C=O) groups is 1. The van der Waals surface area contributed by atoms with Gasteiger partial charge in [0.05, 0.1) is 6.42 Å². The van der Waals surface area contributed by atoms with Gasteiger partial charge in [-0.15, -0.1) is 4.48 Å². The van der Waals surface area contributed by atoms with Crippen LogP contribution in [0.3, 0.4) is 0 Å². The van der Waals surface area contributed by atoms with E-state index in [0.29, 0.717) is 6.54 Å². The number of amides is 1. The smallest absolute Gasteiger partial charge is 0.252 e. The van der Waals surface area contributed by atoms with Gasteiger partial charge < -0.3 is 5.73 Å². The largest absolute Gasteiger partial charge is 0.326 e. The Morgan fingerprint density at radius 3 is 2.31 bits per heavy atom. The van der Waals surface area contributed by atoms with Crippen LogP contribution in [0.25, 0.3) is 0 Å². The summed E-state index contributed by atoms with van der Waals surface area (Å²) in [5.74, 6) is -0.638. The zero-order valence-electron chi connectivity index (χ0n) is 7.09. The van der Waals surface area contributed by atoms with Crippen molar-refractivity contribution in [3.63, 3.8) is 0 Å². The number of hydrogen-bond donors (Lipinski definition) is 2. The second-order valence-electron chi connectivity index (χ2n) is 2.72. The maximum absolute atomic E-state index is 11.6. The number of nitrogens with two attached hydrogens (primary N) is 1. The van der Waals surface area contributed by atoms with Gasteiger partial charge in [0.2, 0.25) is 0 Å². The summed E-state index contributed by atoms with van der Waals surface area (Å²) >= 11 is 0.